The average molecular weight is 343 g/mol. The first-order chi connectivity index (χ1) is 11.8. The van der Waals surface area contributed by atoms with Gasteiger partial charge in [-0.2, -0.15) is 5.10 Å². The summed E-state index contributed by atoms with van der Waals surface area (Å²) in [6.07, 6.45) is 1.59. The van der Waals surface area contributed by atoms with Gasteiger partial charge in [0.15, 0.2) is 5.60 Å². The molecule has 2 heterocycles. The van der Waals surface area contributed by atoms with E-state index in [0.717, 1.165) is 16.9 Å². The Labute approximate surface area is 145 Å². The number of piperidine rings is 1. The fraction of sp³-hybridized carbons (Fsp3) is 0.389. The van der Waals surface area contributed by atoms with Crippen LogP contribution in [0.1, 0.15) is 34.5 Å². The largest absolute Gasteiger partial charge is 0.479 e. The molecule has 25 heavy (non-hydrogen) atoms. The molecule has 1 aromatic heterocycles. The maximum Gasteiger partial charge on any atom is 0.335 e. The lowest BCUT2D eigenvalue weighted by atomic mass is 9.91. The van der Waals surface area contributed by atoms with Gasteiger partial charge in [0, 0.05) is 25.9 Å². The number of aliphatic carboxylic acids is 1. The number of likely N-dealkylation sites (tertiary alicyclic amines) is 1. The summed E-state index contributed by atoms with van der Waals surface area (Å²) in [5.41, 5.74) is 1.47. The SMILES string of the molecule is Cc1cccc(-n2ncc(C(=O)N3CCC(O)(C(=O)O)CC3)c2C)c1. The lowest BCUT2D eigenvalue weighted by molar-refractivity contribution is -0.162. The van der Waals surface area contributed by atoms with Gasteiger partial charge in [-0.1, -0.05) is 12.1 Å². The van der Waals surface area contributed by atoms with Crippen molar-refractivity contribution in [3.8, 4) is 5.69 Å². The average Bonchev–Trinajstić information content (AvgIpc) is 2.96. The van der Waals surface area contributed by atoms with Crippen molar-refractivity contribution < 1.29 is 19.8 Å². The lowest BCUT2D eigenvalue weighted by Gasteiger charge is -2.35. The summed E-state index contributed by atoms with van der Waals surface area (Å²) in [4.78, 5) is 25.4. The molecule has 2 N–H and O–H groups in total. The maximum atomic E-state index is 12.8. The highest BCUT2D eigenvalue weighted by Crippen LogP contribution is 2.24. The van der Waals surface area contributed by atoms with Gasteiger partial charge in [-0.05, 0) is 31.5 Å². The minimum atomic E-state index is -1.74. The molecule has 7 nitrogen and oxygen atoms in total. The number of carbonyl (C=O) groups is 2. The van der Waals surface area contributed by atoms with E-state index in [1.165, 1.54) is 6.20 Å². The van der Waals surface area contributed by atoms with Crippen molar-refractivity contribution in [3.05, 3.63) is 47.3 Å². The molecule has 0 atom stereocenters. The number of aromatic nitrogens is 2. The molecule has 1 saturated heterocycles. The number of hydrogen-bond acceptors (Lipinski definition) is 4. The number of rotatable bonds is 3. The highest BCUT2D eigenvalue weighted by atomic mass is 16.4. The van der Waals surface area contributed by atoms with E-state index in [2.05, 4.69) is 5.10 Å². The second-order valence-electron chi connectivity index (χ2n) is 6.52. The Morgan fingerprint density at radius 2 is 1.88 bits per heavy atom. The summed E-state index contributed by atoms with van der Waals surface area (Å²) >= 11 is 0. The first-order valence-corrected chi connectivity index (χ1v) is 8.18. The first kappa shape index (κ1) is 17.2. The quantitative estimate of drug-likeness (QED) is 0.881. The molecule has 0 aliphatic carbocycles. The Morgan fingerprint density at radius 3 is 2.48 bits per heavy atom. The van der Waals surface area contributed by atoms with Crippen molar-refractivity contribution in [3.63, 3.8) is 0 Å². The van der Waals surface area contributed by atoms with Gasteiger partial charge in [0.1, 0.15) is 0 Å². The number of carboxylic acids is 1. The van der Waals surface area contributed by atoms with Crippen LogP contribution in [0.3, 0.4) is 0 Å². The van der Waals surface area contributed by atoms with Crippen LogP contribution in [0.2, 0.25) is 0 Å². The van der Waals surface area contributed by atoms with Crippen LogP contribution in [0.5, 0.6) is 0 Å². The Bertz CT molecular complexity index is 819. The highest BCUT2D eigenvalue weighted by Gasteiger charge is 2.40. The van der Waals surface area contributed by atoms with Crippen LogP contribution >= 0.6 is 0 Å². The Hall–Kier alpha value is -2.67. The Kier molecular flexibility index (Phi) is 4.34. The van der Waals surface area contributed by atoms with Crippen molar-refractivity contribution in [2.75, 3.05) is 13.1 Å². The van der Waals surface area contributed by atoms with Crippen molar-refractivity contribution in [2.45, 2.75) is 32.3 Å². The van der Waals surface area contributed by atoms with Gasteiger partial charge in [0.2, 0.25) is 0 Å². The number of carboxylic acid groups (broad SMARTS) is 1. The summed E-state index contributed by atoms with van der Waals surface area (Å²) in [6.45, 7) is 4.24. The third-order valence-electron chi connectivity index (χ3n) is 4.76. The molecule has 1 aromatic carbocycles. The van der Waals surface area contributed by atoms with Crippen molar-refractivity contribution in [1.29, 1.82) is 0 Å². The molecule has 1 aliphatic heterocycles. The fourth-order valence-electron chi connectivity index (χ4n) is 3.10. The lowest BCUT2D eigenvalue weighted by Crippen LogP contribution is -2.50. The summed E-state index contributed by atoms with van der Waals surface area (Å²) < 4.78 is 1.72. The van der Waals surface area contributed by atoms with E-state index in [0.29, 0.717) is 5.56 Å². The van der Waals surface area contributed by atoms with Crippen LogP contribution in [0.4, 0.5) is 0 Å². The molecule has 0 bridgehead atoms. The van der Waals surface area contributed by atoms with Crippen LogP contribution in [0.25, 0.3) is 5.69 Å². The molecule has 7 heteroatoms. The third-order valence-corrected chi connectivity index (χ3v) is 4.76. The van der Waals surface area contributed by atoms with E-state index in [-0.39, 0.29) is 31.8 Å². The summed E-state index contributed by atoms with van der Waals surface area (Å²) in [6, 6.07) is 7.84. The Balaban J connectivity index is 1.79. The van der Waals surface area contributed by atoms with Gasteiger partial charge >= 0.3 is 5.97 Å². The van der Waals surface area contributed by atoms with Crippen LogP contribution in [-0.4, -0.2) is 55.5 Å². The predicted octanol–water partition coefficient (Wildman–Crippen LogP) is 1.54. The standard InChI is InChI=1S/C18H21N3O4/c1-12-4-3-5-14(10-12)21-13(2)15(11-19-21)16(22)20-8-6-18(25,7-9-20)17(23)24/h3-5,10-11,25H,6-9H2,1-2H3,(H,23,24). The molecule has 2 aromatic rings. The van der Waals surface area contributed by atoms with E-state index in [9.17, 15) is 14.7 Å². The van der Waals surface area contributed by atoms with Gasteiger partial charge < -0.3 is 15.1 Å². The molecular formula is C18H21N3O4. The predicted molar refractivity (Wildman–Crippen MR) is 90.8 cm³/mol. The zero-order chi connectivity index (χ0) is 18.2. The zero-order valence-electron chi connectivity index (χ0n) is 14.3. The minimum Gasteiger partial charge on any atom is -0.479 e. The molecule has 1 aliphatic rings. The minimum absolute atomic E-state index is 0.0269. The summed E-state index contributed by atoms with van der Waals surface area (Å²) in [7, 11) is 0. The molecule has 1 fully saturated rings. The monoisotopic (exact) mass is 343 g/mol. The molecule has 0 unspecified atom stereocenters. The first-order valence-electron chi connectivity index (χ1n) is 8.18. The molecule has 132 valence electrons. The summed E-state index contributed by atoms with van der Waals surface area (Å²) in [5.74, 6) is -1.42. The molecular weight excluding hydrogens is 322 g/mol. The fourth-order valence-corrected chi connectivity index (χ4v) is 3.10. The second kappa shape index (κ2) is 6.33. The summed E-state index contributed by atoms with van der Waals surface area (Å²) in [5, 5.41) is 23.4. The van der Waals surface area contributed by atoms with E-state index < -0.39 is 11.6 Å². The zero-order valence-corrected chi connectivity index (χ0v) is 14.3. The Morgan fingerprint density at radius 1 is 1.20 bits per heavy atom. The second-order valence-corrected chi connectivity index (χ2v) is 6.52. The van der Waals surface area contributed by atoms with Crippen LogP contribution in [-0.2, 0) is 4.79 Å². The van der Waals surface area contributed by atoms with Crippen molar-refractivity contribution in [2.24, 2.45) is 0 Å². The molecule has 1 amide bonds. The molecule has 0 radical (unpaired) electrons. The molecule has 0 saturated carbocycles. The van der Waals surface area contributed by atoms with Crippen molar-refractivity contribution in [1.82, 2.24) is 14.7 Å². The molecule has 0 spiro atoms. The van der Waals surface area contributed by atoms with Crippen LogP contribution < -0.4 is 0 Å². The maximum absolute atomic E-state index is 12.8. The number of nitrogens with zero attached hydrogens (tertiary/aromatic N) is 3. The number of aryl methyl sites for hydroxylation is 1. The normalized spacial score (nSPS) is 16.7. The number of aliphatic hydroxyl groups is 1. The topological polar surface area (TPSA) is 95.7 Å². The van der Waals surface area contributed by atoms with E-state index >= 15 is 0 Å². The molecule has 3 rings (SSSR count). The van der Waals surface area contributed by atoms with Crippen LogP contribution in [0.15, 0.2) is 30.5 Å². The highest BCUT2D eigenvalue weighted by molar-refractivity contribution is 5.95. The van der Waals surface area contributed by atoms with Gasteiger partial charge in [-0.25, -0.2) is 9.48 Å². The number of benzene rings is 1. The van der Waals surface area contributed by atoms with Gasteiger partial charge in [0.25, 0.3) is 5.91 Å². The van der Waals surface area contributed by atoms with Crippen LogP contribution in [0, 0.1) is 13.8 Å². The number of carbonyl (C=O) groups excluding carboxylic acids is 1. The van der Waals surface area contributed by atoms with Gasteiger partial charge in [-0.3, -0.25) is 4.79 Å². The smallest absolute Gasteiger partial charge is 0.335 e. The van der Waals surface area contributed by atoms with Crippen molar-refractivity contribution >= 4 is 11.9 Å². The van der Waals surface area contributed by atoms with Gasteiger partial charge in [0.05, 0.1) is 23.1 Å². The van der Waals surface area contributed by atoms with E-state index in [1.807, 2.05) is 38.1 Å². The third kappa shape index (κ3) is 3.15. The van der Waals surface area contributed by atoms with E-state index in [4.69, 9.17) is 5.11 Å². The number of amides is 1. The number of hydrogen-bond donors (Lipinski definition) is 2. The van der Waals surface area contributed by atoms with Gasteiger partial charge in [-0.15, -0.1) is 0 Å². The van der Waals surface area contributed by atoms with E-state index in [1.54, 1.807) is 9.58 Å².